The summed E-state index contributed by atoms with van der Waals surface area (Å²) in [6.07, 6.45) is 1.86. The van der Waals surface area contributed by atoms with Gasteiger partial charge in [-0.05, 0) is 61.3 Å². The van der Waals surface area contributed by atoms with Crippen LogP contribution in [0.5, 0.6) is 5.75 Å². The standard InChI is InChI=1S/C21H23ClN2O3/c1-2-13-27-18-9-7-17(8-10-18)24-20(25)14-19(21(24)26)23-12-11-15-3-5-16(22)6-4-15/h3-10,19,23H,2,11-14H2,1H3. The van der Waals surface area contributed by atoms with Crippen LogP contribution in [0.1, 0.15) is 25.3 Å². The first kappa shape index (κ1) is 19.4. The predicted molar refractivity (Wildman–Crippen MR) is 106 cm³/mol. The molecule has 2 amide bonds. The number of ether oxygens (including phenoxy) is 1. The molecule has 1 aliphatic heterocycles. The summed E-state index contributed by atoms with van der Waals surface area (Å²) in [5.74, 6) is 0.335. The zero-order chi connectivity index (χ0) is 19.2. The zero-order valence-electron chi connectivity index (χ0n) is 15.3. The second-order valence-corrected chi connectivity index (χ2v) is 6.93. The molecule has 0 aliphatic carbocycles. The van der Waals surface area contributed by atoms with Crippen molar-refractivity contribution in [2.24, 2.45) is 0 Å². The third-order valence-corrected chi connectivity index (χ3v) is 4.68. The van der Waals surface area contributed by atoms with Gasteiger partial charge in [0.1, 0.15) is 5.75 Å². The van der Waals surface area contributed by atoms with Crippen molar-refractivity contribution in [3.63, 3.8) is 0 Å². The minimum atomic E-state index is -0.485. The maximum atomic E-state index is 12.7. The van der Waals surface area contributed by atoms with Crippen LogP contribution in [0.4, 0.5) is 5.69 Å². The number of rotatable bonds is 8. The highest BCUT2D eigenvalue weighted by atomic mass is 35.5. The fourth-order valence-corrected chi connectivity index (χ4v) is 3.14. The molecule has 5 nitrogen and oxygen atoms in total. The van der Waals surface area contributed by atoms with Gasteiger partial charge in [-0.3, -0.25) is 9.59 Å². The number of amides is 2. The maximum absolute atomic E-state index is 12.7. The minimum Gasteiger partial charge on any atom is -0.494 e. The third kappa shape index (κ3) is 4.87. The van der Waals surface area contributed by atoms with Crippen molar-refractivity contribution in [3.8, 4) is 5.75 Å². The predicted octanol–water partition coefficient (Wildman–Crippen LogP) is 3.59. The molecule has 0 spiro atoms. The zero-order valence-corrected chi connectivity index (χ0v) is 16.0. The van der Waals surface area contributed by atoms with Gasteiger partial charge in [-0.1, -0.05) is 30.7 Å². The van der Waals surface area contributed by atoms with E-state index in [0.29, 0.717) is 23.9 Å². The Morgan fingerprint density at radius 3 is 2.48 bits per heavy atom. The van der Waals surface area contributed by atoms with Gasteiger partial charge in [-0.15, -0.1) is 0 Å². The Hall–Kier alpha value is -2.37. The van der Waals surface area contributed by atoms with Crippen LogP contribution in [-0.2, 0) is 16.0 Å². The number of carbonyl (C=O) groups excluding carboxylic acids is 2. The molecule has 0 aromatic heterocycles. The minimum absolute atomic E-state index is 0.174. The Bertz CT molecular complexity index is 790. The summed E-state index contributed by atoms with van der Waals surface area (Å²) in [5.41, 5.74) is 1.71. The second kappa shape index (κ2) is 9.02. The van der Waals surface area contributed by atoms with Crippen LogP contribution < -0.4 is 15.0 Å². The number of nitrogens with zero attached hydrogens (tertiary/aromatic N) is 1. The molecule has 0 radical (unpaired) electrons. The van der Waals surface area contributed by atoms with Crippen molar-refractivity contribution in [1.82, 2.24) is 5.32 Å². The number of benzene rings is 2. The first-order valence-corrected chi connectivity index (χ1v) is 9.53. The molecule has 2 aromatic rings. The monoisotopic (exact) mass is 386 g/mol. The average molecular weight is 387 g/mol. The molecule has 3 rings (SSSR count). The van der Waals surface area contributed by atoms with Crippen LogP contribution in [0.2, 0.25) is 5.02 Å². The van der Waals surface area contributed by atoms with Crippen LogP contribution in [0.25, 0.3) is 0 Å². The highest BCUT2D eigenvalue weighted by Crippen LogP contribution is 2.25. The number of anilines is 1. The van der Waals surface area contributed by atoms with Gasteiger partial charge in [0.25, 0.3) is 5.91 Å². The SMILES string of the molecule is CCCOc1ccc(N2C(=O)CC(NCCc3ccc(Cl)cc3)C2=O)cc1. The summed E-state index contributed by atoms with van der Waals surface area (Å²) in [7, 11) is 0. The molecule has 2 aromatic carbocycles. The molecule has 142 valence electrons. The number of imide groups is 1. The summed E-state index contributed by atoms with van der Waals surface area (Å²) in [5, 5.41) is 3.89. The molecule has 1 heterocycles. The highest BCUT2D eigenvalue weighted by molar-refractivity contribution is 6.30. The van der Waals surface area contributed by atoms with Crippen LogP contribution >= 0.6 is 11.6 Å². The van der Waals surface area contributed by atoms with Gasteiger partial charge < -0.3 is 10.1 Å². The third-order valence-electron chi connectivity index (χ3n) is 4.43. The van der Waals surface area contributed by atoms with Gasteiger partial charge in [0, 0.05) is 5.02 Å². The molecule has 27 heavy (non-hydrogen) atoms. The van der Waals surface area contributed by atoms with E-state index in [4.69, 9.17) is 16.3 Å². The average Bonchev–Trinajstić information content (AvgIpc) is 2.96. The number of hydrogen-bond acceptors (Lipinski definition) is 4. The van der Waals surface area contributed by atoms with E-state index in [1.54, 1.807) is 24.3 Å². The molecule has 1 unspecified atom stereocenters. The van der Waals surface area contributed by atoms with Gasteiger partial charge in [0.2, 0.25) is 5.91 Å². The topological polar surface area (TPSA) is 58.6 Å². The lowest BCUT2D eigenvalue weighted by molar-refractivity contribution is -0.121. The van der Waals surface area contributed by atoms with E-state index >= 15 is 0 Å². The fraction of sp³-hybridized carbons (Fsp3) is 0.333. The van der Waals surface area contributed by atoms with Crippen LogP contribution in [0.3, 0.4) is 0 Å². The molecular weight excluding hydrogens is 364 g/mol. The lowest BCUT2D eigenvalue weighted by Gasteiger charge is -2.16. The second-order valence-electron chi connectivity index (χ2n) is 6.50. The van der Waals surface area contributed by atoms with Gasteiger partial charge in [-0.2, -0.15) is 0 Å². The van der Waals surface area contributed by atoms with Gasteiger partial charge in [0.15, 0.2) is 0 Å². The van der Waals surface area contributed by atoms with Crippen molar-refractivity contribution in [1.29, 1.82) is 0 Å². The summed E-state index contributed by atoms with van der Waals surface area (Å²) in [4.78, 5) is 26.3. The quantitative estimate of drug-likeness (QED) is 0.704. The Morgan fingerprint density at radius 2 is 1.81 bits per heavy atom. The van der Waals surface area contributed by atoms with E-state index in [9.17, 15) is 9.59 Å². The molecule has 0 bridgehead atoms. The van der Waals surface area contributed by atoms with Gasteiger partial charge in [-0.25, -0.2) is 4.90 Å². The smallest absolute Gasteiger partial charge is 0.251 e. The van der Waals surface area contributed by atoms with E-state index in [0.717, 1.165) is 24.2 Å². The summed E-state index contributed by atoms with van der Waals surface area (Å²) < 4.78 is 5.54. The fourth-order valence-electron chi connectivity index (χ4n) is 3.02. The molecule has 1 saturated heterocycles. The Kier molecular flexibility index (Phi) is 6.48. The van der Waals surface area contributed by atoms with E-state index in [1.807, 2.05) is 31.2 Å². The van der Waals surface area contributed by atoms with Crippen molar-refractivity contribution in [3.05, 3.63) is 59.1 Å². The Morgan fingerprint density at radius 1 is 1.11 bits per heavy atom. The Labute approximate surface area is 164 Å². The lowest BCUT2D eigenvalue weighted by Crippen LogP contribution is -2.39. The molecule has 1 aliphatic rings. The van der Waals surface area contributed by atoms with E-state index in [-0.39, 0.29) is 18.2 Å². The van der Waals surface area contributed by atoms with Crippen molar-refractivity contribution < 1.29 is 14.3 Å². The van der Waals surface area contributed by atoms with Crippen molar-refractivity contribution in [2.75, 3.05) is 18.1 Å². The van der Waals surface area contributed by atoms with Crippen molar-refractivity contribution >= 4 is 29.1 Å². The summed E-state index contributed by atoms with van der Waals surface area (Å²) >= 11 is 5.88. The molecule has 0 saturated carbocycles. The van der Waals surface area contributed by atoms with Crippen molar-refractivity contribution in [2.45, 2.75) is 32.2 Å². The number of halogens is 1. The molecule has 1 N–H and O–H groups in total. The van der Waals surface area contributed by atoms with Gasteiger partial charge in [0.05, 0.1) is 24.8 Å². The van der Waals surface area contributed by atoms with Gasteiger partial charge >= 0.3 is 0 Å². The highest BCUT2D eigenvalue weighted by Gasteiger charge is 2.39. The maximum Gasteiger partial charge on any atom is 0.251 e. The van der Waals surface area contributed by atoms with Crippen LogP contribution in [0.15, 0.2) is 48.5 Å². The molecular formula is C21H23ClN2O3. The molecule has 1 atom stereocenters. The van der Waals surface area contributed by atoms with Crippen LogP contribution in [0, 0.1) is 0 Å². The normalized spacial score (nSPS) is 16.8. The lowest BCUT2D eigenvalue weighted by atomic mass is 10.1. The van der Waals surface area contributed by atoms with E-state index in [2.05, 4.69) is 5.32 Å². The molecule has 6 heteroatoms. The molecule has 1 fully saturated rings. The largest absolute Gasteiger partial charge is 0.494 e. The summed E-state index contributed by atoms with van der Waals surface area (Å²) in [6.45, 7) is 3.29. The number of carbonyl (C=O) groups is 2. The first-order valence-electron chi connectivity index (χ1n) is 9.16. The Balaban J connectivity index is 1.56. The number of hydrogen-bond donors (Lipinski definition) is 1. The van der Waals surface area contributed by atoms with E-state index < -0.39 is 6.04 Å². The summed E-state index contributed by atoms with van der Waals surface area (Å²) in [6, 6.07) is 14.2. The first-order chi connectivity index (χ1) is 13.1. The number of nitrogens with one attached hydrogen (secondary N) is 1. The van der Waals surface area contributed by atoms with Crippen LogP contribution in [-0.4, -0.2) is 31.0 Å². The van der Waals surface area contributed by atoms with E-state index in [1.165, 1.54) is 4.90 Å².